The first kappa shape index (κ1) is 24.1. The fourth-order valence-corrected chi connectivity index (χ4v) is 5.74. The molecule has 188 valence electrons. The van der Waals surface area contributed by atoms with Crippen molar-refractivity contribution in [2.45, 2.75) is 58.0 Å². The van der Waals surface area contributed by atoms with Crippen molar-refractivity contribution < 1.29 is 14.4 Å². The number of carbonyl (C=O) groups is 3. The number of benzene rings is 2. The van der Waals surface area contributed by atoms with Gasteiger partial charge in [-0.3, -0.25) is 9.59 Å². The molecule has 0 spiro atoms. The van der Waals surface area contributed by atoms with E-state index in [1.54, 1.807) is 4.90 Å². The molecule has 7 heteroatoms. The van der Waals surface area contributed by atoms with Crippen LogP contribution in [0.5, 0.6) is 0 Å². The van der Waals surface area contributed by atoms with Gasteiger partial charge in [-0.15, -0.1) is 0 Å². The van der Waals surface area contributed by atoms with E-state index in [9.17, 15) is 14.4 Å². The van der Waals surface area contributed by atoms with Crippen LogP contribution in [0.2, 0.25) is 0 Å². The topological polar surface area (TPSA) is 85.5 Å². The van der Waals surface area contributed by atoms with Gasteiger partial charge in [0.05, 0.1) is 5.69 Å². The van der Waals surface area contributed by atoms with Crippen LogP contribution in [0.15, 0.2) is 54.6 Å². The third kappa shape index (κ3) is 3.77. The predicted octanol–water partition coefficient (Wildman–Crippen LogP) is 4.54. The number of urea groups is 1. The van der Waals surface area contributed by atoms with E-state index < -0.39 is 11.6 Å². The summed E-state index contributed by atoms with van der Waals surface area (Å²) in [6.45, 7) is 8.74. The first-order chi connectivity index (χ1) is 17.2. The van der Waals surface area contributed by atoms with Crippen LogP contribution in [0, 0.1) is 5.92 Å². The Balaban J connectivity index is 1.44. The Morgan fingerprint density at radius 2 is 1.75 bits per heavy atom. The van der Waals surface area contributed by atoms with Crippen molar-refractivity contribution in [3.05, 3.63) is 71.4 Å². The first-order valence-electron chi connectivity index (χ1n) is 12.8. The second-order valence-electron chi connectivity index (χ2n) is 10.7. The number of aromatic nitrogens is 1. The van der Waals surface area contributed by atoms with E-state index in [0.717, 1.165) is 27.7 Å². The highest BCUT2D eigenvalue weighted by Gasteiger charge is 2.60. The molecule has 0 saturated carbocycles. The normalized spacial score (nSPS) is 21.0. The Labute approximate surface area is 211 Å². The minimum absolute atomic E-state index is 0.109. The van der Waals surface area contributed by atoms with Crippen LogP contribution in [0.3, 0.4) is 0 Å². The van der Waals surface area contributed by atoms with Gasteiger partial charge in [0.2, 0.25) is 5.91 Å². The number of aromatic amines is 1. The zero-order chi connectivity index (χ0) is 25.6. The number of para-hydroxylation sites is 1. The number of fused-ring (bicyclic) bond motifs is 5. The number of hydrogen-bond donors (Lipinski definition) is 2. The smallest absolute Gasteiger partial charge is 0.328 e. The Hall–Kier alpha value is -3.61. The van der Waals surface area contributed by atoms with E-state index in [0.29, 0.717) is 25.9 Å². The standard InChI is InChI=1S/C29H34N4O3/c1-18(2)16-24(26(34)30-17-19(3)20-10-6-5-7-11-20)33-27(35)29(4)25-22(14-15-32(29)28(33)36)21-12-8-9-13-23(21)31-25/h5-13,18-19,24,31H,14-17H2,1-4H3,(H,30,34). The molecule has 4 amide bonds. The first-order valence-corrected chi connectivity index (χ1v) is 12.8. The highest BCUT2D eigenvalue weighted by atomic mass is 16.2. The van der Waals surface area contributed by atoms with Gasteiger partial charge in [-0.05, 0) is 48.8 Å². The molecule has 3 heterocycles. The van der Waals surface area contributed by atoms with Crippen LogP contribution in [-0.2, 0) is 21.5 Å². The minimum Gasteiger partial charge on any atom is -0.356 e. The van der Waals surface area contributed by atoms with Gasteiger partial charge < -0.3 is 15.2 Å². The maximum Gasteiger partial charge on any atom is 0.328 e. The molecule has 1 fully saturated rings. The predicted molar refractivity (Wildman–Crippen MR) is 139 cm³/mol. The molecule has 2 aliphatic heterocycles. The monoisotopic (exact) mass is 486 g/mol. The van der Waals surface area contributed by atoms with Gasteiger partial charge >= 0.3 is 6.03 Å². The molecule has 3 unspecified atom stereocenters. The average Bonchev–Trinajstić information content (AvgIpc) is 3.35. The lowest BCUT2D eigenvalue weighted by molar-refractivity contribution is -0.140. The summed E-state index contributed by atoms with van der Waals surface area (Å²) in [5.74, 6) is -0.384. The molecule has 0 aliphatic carbocycles. The third-order valence-electron chi connectivity index (χ3n) is 7.76. The molecule has 5 rings (SSSR count). The molecule has 0 radical (unpaired) electrons. The molecule has 2 aromatic carbocycles. The maximum atomic E-state index is 14.1. The van der Waals surface area contributed by atoms with Gasteiger partial charge in [-0.1, -0.05) is 69.3 Å². The summed E-state index contributed by atoms with van der Waals surface area (Å²) >= 11 is 0. The van der Waals surface area contributed by atoms with Crippen molar-refractivity contribution in [1.29, 1.82) is 0 Å². The van der Waals surface area contributed by atoms with E-state index in [-0.39, 0.29) is 29.7 Å². The van der Waals surface area contributed by atoms with E-state index in [1.165, 1.54) is 4.90 Å². The van der Waals surface area contributed by atoms with E-state index in [2.05, 4.69) is 17.2 Å². The van der Waals surface area contributed by atoms with E-state index >= 15 is 0 Å². The third-order valence-corrected chi connectivity index (χ3v) is 7.76. The summed E-state index contributed by atoms with van der Waals surface area (Å²) in [6.07, 6.45) is 1.07. The number of carbonyl (C=O) groups excluding carboxylic acids is 3. The molecule has 1 saturated heterocycles. The molecular weight excluding hydrogens is 452 g/mol. The zero-order valence-corrected chi connectivity index (χ0v) is 21.4. The van der Waals surface area contributed by atoms with Crippen LogP contribution in [0.4, 0.5) is 4.79 Å². The van der Waals surface area contributed by atoms with Gasteiger partial charge in [0, 0.05) is 24.0 Å². The molecule has 2 N–H and O–H groups in total. The van der Waals surface area contributed by atoms with Gasteiger partial charge in [0.1, 0.15) is 6.04 Å². The number of nitrogens with one attached hydrogen (secondary N) is 2. The van der Waals surface area contributed by atoms with Gasteiger partial charge in [0.15, 0.2) is 5.54 Å². The molecule has 3 aromatic rings. The van der Waals surface area contributed by atoms with Crippen molar-refractivity contribution in [3.8, 4) is 0 Å². The highest BCUT2D eigenvalue weighted by molar-refractivity contribution is 6.11. The Bertz CT molecular complexity index is 1310. The lowest BCUT2D eigenvalue weighted by Crippen LogP contribution is -2.52. The summed E-state index contributed by atoms with van der Waals surface area (Å²) in [5.41, 5.74) is 2.76. The fourth-order valence-electron chi connectivity index (χ4n) is 5.74. The van der Waals surface area contributed by atoms with Crippen LogP contribution in [0.25, 0.3) is 10.9 Å². The maximum absolute atomic E-state index is 14.1. The highest BCUT2D eigenvalue weighted by Crippen LogP contribution is 2.45. The molecular formula is C29H34N4O3. The molecule has 1 aromatic heterocycles. The van der Waals surface area contributed by atoms with E-state index in [4.69, 9.17) is 0 Å². The summed E-state index contributed by atoms with van der Waals surface area (Å²) in [5, 5.41) is 4.11. The summed E-state index contributed by atoms with van der Waals surface area (Å²) in [6, 6.07) is 16.7. The second-order valence-corrected chi connectivity index (χ2v) is 10.7. The minimum atomic E-state index is -1.16. The molecule has 0 bridgehead atoms. The van der Waals surface area contributed by atoms with Crippen molar-refractivity contribution >= 4 is 28.7 Å². The van der Waals surface area contributed by atoms with Crippen LogP contribution < -0.4 is 5.32 Å². The number of H-pyrrole nitrogens is 1. The molecule has 2 aliphatic rings. The average molecular weight is 487 g/mol. The largest absolute Gasteiger partial charge is 0.356 e. The van der Waals surface area contributed by atoms with Crippen molar-refractivity contribution in [1.82, 2.24) is 20.1 Å². The molecule has 3 atom stereocenters. The number of nitrogens with zero attached hydrogens (tertiary/aromatic N) is 2. The molecule has 7 nitrogen and oxygen atoms in total. The Morgan fingerprint density at radius 1 is 1.06 bits per heavy atom. The summed E-state index contributed by atoms with van der Waals surface area (Å²) in [4.78, 5) is 47.6. The quantitative estimate of drug-likeness (QED) is 0.481. The second kappa shape index (κ2) is 9.12. The van der Waals surface area contributed by atoms with Crippen LogP contribution >= 0.6 is 0 Å². The lowest BCUT2D eigenvalue weighted by Gasteiger charge is -2.36. The van der Waals surface area contributed by atoms with Gasteiger partial charge in [-0.2, -0.15) is 0 Å². The Kier molecular flexibility index (Phi) is 6.10. The summed E-state index contributed by atoms with van der Waals surface area (Å²) in [7, 11) is 0. The van der Waals surface area contributed by atoms with Crippen LogP contribution in [-0.4, -0.2) is 51.8 Å². The van der Waals surface area contributed by atoms with Gasteiger partial charge in [-0.25, -0.2) is 9.69 Å². The fraction of sp³-hybridized carbons (Fsp3) is 0.414. The van der Waals surface area contributed by atoms with E-state index in [1.807, 2.05) is 75.4 Å². The number of rotatable bonds is 7. The number of hydrogen-bond acceptors (Lipinski definition) is 3. The molecule has 36 heavy (non-hydrogen) atoms. The van der Waals surface area contributed by atoms with Crippen molar-refractivity contribution in [3.63, 3.8) is 0 Å². The lowest BCUT2D eigenvalue weighted by atomic mass is 9.86. The Morgan fingerprint density at radius 3 is 2.47 bits per heavy atom. The zero-order valence-electron chi connectivity index (χ0n) is 21.4. The number of amides is 4. The number of imide groups is 1. The van der Waals surface area contributed by atoms with Gasteiger partial charge in [0.25, 0.3) is 5.91 Å². The summed E-state index contributed by atoms with van der Waals surface area (Å²) < 4.78 is 0. The van der Waals surface area contributed by atoms with Crippen molar-refractivity contribution in [2.24, 2.45) is 5.92 Å². The van der Waals surface area contributed by atoms with Crippen molar-refractivity contribution in [2.75, 3.05) is 13.1 Å². The van der Waals surface area contributed by atoms with Crippen LogP contribution in [0.1, 0.15) is 56.9 Å². The SMILES string of the molecule is CC(C)CC(C(=O)NCC(C)c1ccccc1)N1C(=O)N2CCc3c([nH]c4ccccc34)C2(C)C1=O.